The second kappa shape index (κ2) is 11.0. The van der Waals surface area contributed by atoms with E-state index in [1.807, 2.05) is 18.2 Å². The summed E-state index contributed by atoms with van der Waals surface area (Å²) in [6.07, 6.45) is 2.39. The molecular weight excluding hydrogens is 436 g/mol. The number of amides is 1. The van der Waals surface area contributed by atoms with Crippen LogP contribution in [0.5, 0.6) is 5.75 Å². The van der Waals surface area contributed by atoms with Gasteiger partial charge in [0.2, 0.25) is 0 Å². The number of carbonyl (C=O) groups excluding carboxylic acids is 2. The van der Waals surface area contributed by atoms with E-state index in [4.69, 9.17) is 9.47 Å². The Balaban J connectivity index is 2.09. The molecule has 0 spiro atoms. The number of esters is 1. The van der Waals surface area contributed by atoms with E-state index in [0.29, 0.717) is 21.5 Å². The van der Waals surface area contributed by atoms with Gasteiger partial charge in [-0.25, -0.2) is 4.79 Å². The van der Waals surface area contributed by atoms with E-state index in [1.54, 1.807) is 37.3 Å². The van der Waals surface area contributed by atoms with Gasteiger partial charge >= 0.3 is 5.97 Å². The van der Waals surface area contributed by atoms with Crippen LogP contribution in [-0.2, 0) is 20.7 Å². The third kappa shape index (κ3) is 6.77. The molecule has 2 aromatic rings. The Morgan fingerprint density at radius 3 is 2.48 bits per heavy atom. The first-order chi connectivity index (χ1) is 14.0. The zero-order valence-electron chi connectivity index (χ0n) is 16.2. The molecule has 0 radical (unpaired) electrons. The smallest absolute Gasteiger partial charge is 0.344 e. The maximum atomic E-state index is 12.4. The van der Waals surface area contributed by atoms with Crippen molar-refractivity contribution in [3.63, 3.8) is 0 Å². The zero-order valence-corrected chi connectivity index (χ0v) is 17.8. The first kappa shape index (κ1) is 22.2. The van der Waals surface area contributed by atoms with Crippen molar-refractivity contribution in [3.8, 4) is 11.8 Å². The van der Waals surface area contributed by atoms with E-state index >= 15 is 0 Å². The molecule has 1 N–H and O–H groups in total. The van der Waals surface area contributed by atoms with Gasteiger partial charge in [0.05, 0.1) is 11.1 Å². The Bertz CT molecular complexity index is 946. The lowest BCUT2D eigenvalue weighted by atomic mass is 10.1. The number of hydrogen-bond donors (Lipinski definition) is 1. The van der Waals surface area contributed by atoms with Crippen LogP contribution in [0, 0.1) is 11.3 Å². The summed E-state index contributed by atoms with van der Waals surface area (Å²) in [6.45, 7) is 3.85. The molecule has 0 aliphatic heterocycles. The number of anilines is 1. The number of benzene rings is 2. The molecule has 0 aromatic heterocycles. The third-order valence-corrected chi connectivity index (χ3v) is 4.52. The largest absolute Gasteiger partial charge is 0.481 e. The molecule has 29 heavy (non-hydrogen) atoms. The molecule has 0 unspecified atom stereocenters. The number of hydrogen-bond acceptors (Lipinski definition) is 5. The molecule has 7 heteroatoms. The van der Waals surface area contributed by atoms with Gasteiger partial charge in [-0.15, -0.1) is 0 Å². The normalized spacial score (nSPS) is 10.8. The average molecular weight is 457 g/mol. The fraction of sp³-hybridized carbons (Fsp3) is 0.227. The Morgan fingerprint density at radius 2 is 1.90 bits per heavy atom. The molecule has 0 heterocycles. The van der Waals surface area contributed by atoms with Gasteiger partial charge in [-0.2, -0.15) is 5.26 Å². The molecule has 0 aliphatic carbocycles. The molecule has 0 saturated heterocycles. The fourth-order valence-corrected chi connectivity index (χ4v) is 2.91. The summed E-state index contributed by atoms with van der Waals surface area (Å²) < 4.78 is 10.8. The lowest BCUT2D eigenvalue weighted by molar-refractivity contribution is -0.145. The van der Waals surface area contributed by atoms with Crippen molar-refractivity contribution in [1.82, 2.24) is 0 Å². The molecule has 0 bridgehead atoms. The predicted molar refractivity (Wildman–Crippen MR) is 114 cm³/mol. The number of nitrogens with zero attached hydrogens (tertiary/aromatic N) is 1. The second-order valence-electron chi connectivity index (χ2n) is 5.96. The molecule has 6 nitrogen and oxygen atoms in total. The van der Waals surface area contributed by atoms with Crippen LogP contribution in [0.25, 0.3) is 6.08 Å². The maximum Gasteiger partial charge on any atom is 0.344 e. The van der Waals surface area contributed by atoms with E-state index in [-0.39, 0.29) is 18.8 Å². The van der Waals surface area contributed by atoms with Crippen LogP contribution in [0.2, 0.25) is 0 Å². The average Bonchev–Trinajstić information content (AvgIpc) is 2.72. The molecule has 1 amide bonds. The zero-order chi connectivity index (χ0) is 21.2. The van der Waals surface area contributed by atoms with E-state index in [2.05, 4.69) is 28.2 Å². The summed E-state index contributed by atoms with van der Waals surface area (Å²) in [5.41, 5.74) is 2.39. The first-order valence-corrected chi connectivity index (χ1v) is 9.86. The monoisotopic (exact) mass is 456 g/mol. The van der Waals surface area contributed by atoms with Gasteiger partial charge in [-0.05, 0) is 70.7 Å². The van der Waals surface area contributed by atoms with Crippen molar-refractivity contribution in [2.45, 2.75) is 20.3 Å². The number of nitrogens with one attached hydrogen (secondary N) is 1. The summed E-state index contributed by atoms with van der Waals surface area (Å²) >= 11 is 3.36. The number of aryl methyl sites for hydroxylation is 1. The molecule has 0 saturated carbocycles. The van der Waals surface area contributed by atoms with Crippen LogP contribution in [0.1, 0.15) is 25.0 Å². The van der Waals surface area contributed by atoms with Crippen molar-refractivity contribution in [1.29, 1.82) is 5.26 Å². The quantitative estimate of drug-likeness (QED) is 0.358. The molecule has 0 atom stereocenters. The number of halogens is 1. The number of rotatable bonds is 8. The Hall–Kier alpha value is -3.11. The maximum absolute atomic E-state index is 12.4. The van der Waals surface area contributed by atoms with E-state index < -0.39 is 11.9 Å². The van der Waals surface area contributed by atoms with Gasteiger partial charge in [0.25, 0.3) is 5.91 Å². The minimum atomic E-state index is -0.490. The van der Waals surface area contributed by atoms with Gasteiger partial charge in [-0.1, -0.05) is 25.1 Å². The SMILES string of the molecule is CCOC(=O)COc1ccc(/C=C(\C#N)C(=O)Nc2ccc(CC)cc2)cc1Br. The van der Waals surface area contributed by atoms with Crippen molar-refractivity contribution in [3.05, 3.63) is 63.6 Å². The number of carbonyl (C=O) groups is 2. The van der Waals surface area contributed by atoms with Crippen molar-refractivity contribution in [2.24, 2.45) is 0 Å². The summed E-state index contributed by atoms with van der Waals surface area (Å²) in [7, 11) is 0. The number of ether oxygens (including phenoxy) is 2. The topological polar surface area (TPSA) is 88.4 Å². The molecule has 2 aromatic carbocycles. The first-order valence-electron chi connectivity index (χ1n) is 9.06. The summed E-state index contributed by atoms with van der Waals surface area (Å²) in [6, 6.07) is 14.4. The number of nitriles is 1. The minimum absolute atomic E-state index is 0.0309. The van der Waals surface area contributed by atoms with Crippen LogP contribution in [0.3, 0.4) is 0 Å². The van der Waals surface area contributed by atoms with Gasteiger partial charge in [0, 0.05) is 5.69 Å². The summed E-state index contributed by atoms with van der Waals surface area (Å²) in [5.74, 6) is -0.497. The highest BCUT2D eigenvalue weighted by Gasteiger charge is 2.11. The van der Waals surface area contributed by atoms with Crippen molar-refractivity contribution in [2.75, 3.05) is 18.5 Å². The van der Waals surface area contributed by atoms with Gasteiger partial charge < -0.3 is 14.8 Å². The van der Waals surface area contributed by atoms with E-state index in [9.17, 15) is 14.9 Å². The molecular formula is C22H21BrN2O4. The van der Waals surface area contributed by atoms with Crippen molar-refractivity contribution < 1.29 is 19.1 Å². The highest BCUT2D eigenvalue weighted by Crippen LogP contribution is 2.27. The van der Waals surface area contributed by atoms with Crippen LogP contribution < -0.4 is 10.1 Å². The minimum Gasteiger partial charge on any atom is -0.481 e. The molecule has 0 fully saturated rings. The van der Waals surface area contributed by atoms with Gasteiger partial charge in [0.15, 0.2) is 6.61 Å². The Labute approximate surface area is 178 Å². The highest BCUT2D eigenvalue weighted by molar-refractivity contribution is 9.10. The van der Waals surface area contributed by atoms with E-state index in [1.165, 1.54) is 6.08 Å². The van der Waals surface area contributed by atoms with Crippen LogP contribution in [0.4, 0.5) is 5.69 Å². The summed E-state index contributed by atoms with van der Waals surface area (Å²) in [4.78, 5) is 23.8. The Kier molecular flexibility index (Phi) is 8.44. The highest BCUT2D eigenvalue weighted by atomic mass is 79.9. The van der Waals surface area contributed by atoms with Crippen molar-refractivity contribution >= 4 is 39.6 Å². The predicted octanol–water partition coefficient (Wildman–Crippen LogP) is 4.50. The van der Waals surface area contributed by atoms with Crippen LogP contribution in [-0.4, -0.2) is 25.1 Å². The van der Waals surface area contributed by atoms with Gasteiger partial charge in [0.1, 0.15) is 17.4 Å². The molecule has 2 rings (SSSR count). The third-order valence-electron chi connectivity index (χ3n) is 3.90. The van der Waals surface area contributed by atoms with Crippen LogP contribution in [0.15, 0.2) is 52.5 Å². The summed E-state index contributed by atoms with van der Waals surface area (Å²) in [5, 5.41) is 12.1. The van der Waals surface area contributed by atoms with Crippen LogP contribution >= 0.6 is 15.9 Å². The second-order valence-corrected chi connectivity index (χ2v) is 6.81. The Morgan fingerprint density at radius 1 is 1.17 bits per heavy atom. The van der Waals surface area contributed by atoms with E-state index in [0.717, 1.165) is 12.0 Å². The molecule has 150 valence electrons. The van der Waals surface area contributed by atoms with Gasteiger partial charge in [-0.3, -0.25) is 4.79 Å². The fourth-order valence-electron chi connectivity index (χ4n) is 2.40. The standard InChI is InChI=1S/C22H21BrN2O4/c1-3-15-5-8-18(9-6-15)25-22(27)17(13-24)11-16-7-10-20(19(23)12-16)29-14-21(26)28-4-2/h5-12H,3-4,14H2,1-2H3,(H,25,27)/b17-11+. The molecule has 0 aliphatic rings. The lowest BCUT2D eigenvalue weighted by Crippen LogP contribution is -2.14. The lowest BCUT2D eigenvalue weighted by Gasteiger charge is -2.09.